The van der Waals surface area contributed by atoms with Gasteiger partial charge < -0.3 is 4.90 Å². The molecule has 1 nitrogen and oxygen atoms in total. The minimum absolute atomic E-state index is 1.12. The van der Waals surface area contributed by atoms with Gasteiger partial charge in [0.1, 0.15) is 0 Å². The van der Waals surface area contributed by atoms with E-state index < -0.39 is 8.07 Å². The van der Waals surface area contributed by atoms with Gasteiger partial charge in [0.15, 0.2) is 8.07 Å². The van der Waals surface area contributed by atoms with Crippen LogP contribution in [0.15, 0.2) is 218 Å². The molecule has 0 radical (unpaired) electrons. The van der Waals surface area contributed by atoms with Crippen molar-refractivity contribution in [2.45, 2.75) is 0 Å². The summed E-state index contributed by atoms with van der Waals surface area (Å²) in [4.78, 5) is 2.30. The van der Waals surface area contributed by atoms with Crippen LogP contribution in [0, 0.1) is 0 Å². The molecule has 0 amide bonds. The molecule has 0 spiro atoms. The van der Waals surface area contributed by atoms with Crippen LogP contribution in [0.3, 0.4) is 0 Å². The normalized spacial score (nSPS) is 11.5. The van der Waals surface area contributed by atoms with Crippen LogP contribution in [0.2, 0.25) is 0 Å². The van der Waals surface area contributed by atoms with Crippen molar-refractivity contribution >= 4 is 57.5 Å². The molecule has 0 aliphatic carbocycles. The Morgan fingerprint density at radius 1 is 0.340 bits per heavy atom. The molecule has 0 fully saturated rings. The van der Waals surface area contributed by atoms with Gasteiger partial charge in [0.05, 0.1) is 0 Å². The second kappa shape index (κ2) is 14.1. The van der Waals surface area contributed by atoms with Gasteiger partial charge in [-0.3, -0.25) is 0 Å². The first-order valence-corrected chi connectivity index (χ1v) is 19.3. The molecule has 238 valence electrons. The highest BCUT2D eigenvalue weighted by atomic mass is 28.3. The zero-order chi connectivity index (χ0) is 33.6. The van der Waals surface area contributed by atoms with Crippen LogP contribution in [0.1, 0.15) is 5.56 Å². The lowest BCUT2D eigenvalue weighted by Crippen LogP contribution is -2.66. The number of hydrogen-bond acceptors (Lipinski definition) is 1. The smallest absolute Gasteiger partial charge is 0.172 e. The maximum Gasteiger partial charge on any atom is 0.172 e. The molecule has 0 saturated carbocycles. The molecule has 8 aromatic rings. The first-order chi connectivity index (χ1) is 24.8. The number of para-hydroxylation sites is 2. The number of hydrogen-bond donors (Lipinski definition) is 0. The Hall–Kier alpha value is -6.22. The highest BCUT2D eigenvalue weighted by Gasteiger charge is 2.36. The second-order valence-corrected chi connectivity index (χ2v) is 16.2. The number of nitrogens with zero attached hydrogens (tertiary/aromatic N) is 1. The van der Waals surface area contributed by atoms with Gasteiger partial charge in [-0.1, -0.05) is 188 Å². The van der Waals surface area contributed by atoms with E-state index in [-0.39, 0.29) is 0 Å². The van der Waals surface area contributed by atoms with E-state index in [1.807, 2.05) is 0 Å². The van der Waals surface area contributed by atoms with E-state index in [1.165, 1.54) is 43.0 Å². The summed E-state index contributed by atoms with van der Waals surface area (Å²) in [5.74, 6) is 0. The molecule has 0 aromatic heterocycles. The van der Waals surface area contributed by atoms with Gasteiger partial charge >= 0.3 is 0 Å². The summed E-state index contributed by atoms with van der Waals surface area (Å²) < 4.78 is 0. The van der Waals surface area contributed by atoms with Crippen LogP contribution in [0.5, 0.6) is 0 Å². The maximum absolute atomic E-state index is 2.53. The fourth-order valence-corrected chi connectivity index (χ4v) is 11.4. The molecule has 0 N–H and O–H groups in total. The van der Waals surface area contributed by atoms with Crippen molar-refractivity contribution in [2.75, 3.05) is 4.90 Å². The number of benzene rings is 8. The maximum atomic E-state index is 2.53. The first-order valence-electron chi connectivity index (χ1n) is 17.2. The molecule has 8 rings (SSSR count). The zero-order valence-electron chi connectivity index (χ0n) is 27.8. The van der Waals surface area contributed by atoms with E-state index in [4.69, 9.17) is 0 Å². The highest BCUT2D eigenvalue weighted by Crippen LogP contribution is 2.37. The minimum Gasteiger partial charge on any atom is -0.311 e. The molecule has 50 heavy (non-hydrogen) atoms. The fraction of sp³-hybridized carbons (Fsp3) is 0. The SMILES string of the molecule is C(=C\[Si](c1ccccc1)(c1ccccc1)c1ccccc1)/c1ccc(-c2ccc(N(c3ccccc3)c3ccccc3)cc2)c2ccccc12. The largest absolute Gasteiger partial charge is 0.311 e. The quantitative estimate of drug-likeness (QED) is 0.110. The number of fused-ring (bicyclic) bond motifs is 1. The van der Waals surface area contributed by atoms with E-state index in [9.17, 15) is 0 Å². The summed E-state index contributed by atoms with van der Waals surface area (Å²) in [6.45, 7) is 0. The lowest BCUT2D eigenvalue weighted by atomic mass is 9.95. The van der Waals surface area contributed by atoms with Gasteiger partial charge in [-0.25, -0.2) is 0 Å². The third kappa shape index (κ3) is 5.98. The standard InChI is InChI=1S/C48H37NSi/c1-6-18-40(19-7-1)49(41-20-8-2-9-21-41)42-33-30-38(31-34-42)47-35-32-39(46-28-16-17-29-48(46)47)36-37-50(43-22-10-3-11-23-43,44-24-12-4-13-25-44)45-26-14-5-15-27-45/h1-37H/b37-36+. The van der Waals surface area contributed by atoms with Gasteiger partial charge in [-0.15, -0.1) is 0 Å². The third-order valence-corrected chi connectivity index (χ3v) is 14.0. The predicted octanol–water partition coefficient (Wildman–Crippen LogP) is 10.7. The van der Waals surface area contributed by atoms with Crippen LogP contribution in [-0.4, -0.2) is 8.07 Å². The van der Waals surface area contributed by atoms with Crippen LogP contribution in [0.25, 0.3) is 28.0 Å². The van der Waals surface area contributed by atoms with E-state index in [0.29, 0.717) is 0 Å². The second-order valence-electron chi connectivity index (χ2n) is 12.5. The van der Waals surface area contributed by atoms with Crippen molar-refractivity contribution in [3.05, 3.63) is 224 Å². The number of rotatable bonds is 9. The lowest BCUT2D eigenvalue weighted by molar-refractivity contribution is 1.28. The van der Waals surface area contributed by atoms with E-state index in [1.54, 1.807) is 0 Å². The molecule has 8 aromatic carbocycles. The van der Waals surface area contributed by atoms with Crippen molar-refractivity contribution in [1.82, 2.24) is 0 Å². The van der Waals surface area contributed by atoms with Crippen molar-refractivity contribution in [3.63, 3.8) is 0 Å². The molecule has 0 aliphatic heterocycles. The molecule has 2 heteroatoms. The van der Waals surface area contributed by atoms with Crippen molar-refractivity contribution in [1.29, 1.82) is 0 Å². The van der Waals surface area contributed by atoms with Gasteiger partial charge in [0.2, 0.25) is 0 Å². The predicted molar refractivity (Wildman–Crippen MR) is 217 cm³/mol. The molecule has 0 heterocycles. The van der Waals surface area contributed by atoms with Crippen molar-refractivity contribution in [2.24, 2.45) is 0 Å². The topological polar surface area (TPSA) is 3.24 Å². The van der Waals surface area contributed by atoms with Crippen LogP contribution >= 0.6 is 0 Å². The Kier molecular flexibility index (Phi) is 8.76. The molecule has 0 atom stereocenters. The molecule has 0 bridgehead atoms. The molecule has 0 saturated heterocycles. The summed E-state index contributed by atoms with van der Waals surface area (Å²) in [6.07, 6.45) is 2.38. The Balaban J connectivity index is 1.22. The van der Waals surface area contributed by atoms with Crippen LogP contribution < -0.4 is 20.5 Å². The van der Waals surface area contributed by atoms with Crippen LogP contribution in [-0.2, 0) is 0 Å². The molecule has 0 unspecified atom stereocenters. The van der Waals surface area contributed by atoms with Gasteiger partial charge in [0, 0.05) is 17.1 Å². The summed E-state index contributed by atoms with van der Waals surface area (Å²) in [5, 5.41) is 6.61. The Morgan fingerprint density at radius 3 is 1.22 bits per heavy atom. The van der Waals surface area contributed by atoms with E-state index in [2.05, 4.69) is 229 Å². The Bertz CT molecular complexity index is 2200. The third-order valence-electron chi connectivity index (χ3n) is 9.62. The zero-order valence-corrected chi connectivity index (χ0v) is 28.8. The molecular weight excluding hydrogens is 619 g/mol. The van der Waals surface area contributed by atoms with E-state index >= 15 is 0 Å². The Labute approximate surface area is 296 Å². The van der Waals surface area contributed by atoms with Gasteiger partial charge in [0.25, 0.3) is 0 Å². The Morgan fingerprint density at radius 2 is 0.740 bits per heavy atom. The molecule has 0 aliphatic rings. The monoisotopic (exact) mass is 655 g/mol. The minimum atomic E-state index is -2.53. The summed E-state index contributed by atoms with van der Waals surface area (Å²) >= 11 is 0. The molecular formula is C48H37NSi. The average molecular weight is 656 g/mol. The summed E-state index contributed by atoms with van der Waals surface area (Å²) in [7, 11) is -2.53. The van der Waals surface area contributed by atoms with E-state index in [0.717, 1.165) is 17.1 Å². The lowest BCUT2D eigenvalue weighted by Gasteiger charge is -2.31. The van der Waals surface area contributed by atoms with Crippen molar-refractivity contribution in [3.8, 4) is 11.1 Å². The fourth-order valence-electron chi connectivity index (χ4n) is 7.22. The summed E-state index contributed by atoms with van der Waals surface area (Å²) in [6, 6.07) is 76.7. The van der Waals surface area contributed by atoms with Crippen molar-refractivity contribution < 1.29 is 0 Å². The first kappa shape index (κ1) is 31.1. The van der Waals surface area contributed by atoms with Crippen LogP contribution in [0.4, 0.5) is 17.1 Å². The summed E-state index contributed by atoms with van der Waals surface area (Å²) in [5.41, 5.74) is 9.57. The highest BCUT2D eigenvalue weighted by molar-refractivity contribution is 7.15. The van der Waals surface area contributed by atoms with Gasteiger partial charge in [-0.2, -0.15) is 0 Å². The van der Waals surface area contributed by atoms with Gasteiger partial charge in [-0.05, 0) is 79.4 Å². The average Bonchev–Trinajstić information content (AvgIpc) is 3.21. The number of anilines is 3.